The average Bonchev–Trinajstić information content (AvgIpc) is 3.07. The summed E-state index contributed by atoms with van der Waals surface area (Å²) in [5.74, 6) is 0.812. The van der Waals surface area contributed by atoms with Gasteiger partial charge in [0, 0.05) is 44.2 Å². The molecule has 0 bridgehead atoms. The number of rotatable bonds is 3. The molecule has 4 rings (SSSR count). The van der Waals surface area contributed by atoms with Gasteiger partial charge in [-0.25, -0.2) is 0 Å². The third-order valence-corrected chi connectivity index (χ3v) is 7.51. The van der Waals surface area contributed by atoms with Crippen molar-refractivity contribution in [3.05, 3.63) is 35.6 Å². The zero-order chi connectivity index (χ0) is 27.8. The number of carbonyl (C=O) groups is 3. The first-order valence-corrected chi connectivity index (χ1v) is 14.9. The van der Waals surface area contributed by atoms with Crippen molar-refractivity contribution < 1.29 is 14.4 Å². The molecule has 38 heavy (non-hydrogen) atoms. The van der Waals surface area contributed by atoms with Crippen LogP contribution < -0.4 is 16.0 Å². The number of piperidine rings is 2. The smallest absolute Gasteiger partial charge is 0.251 e. The second kappa shape index (κ2) is 18.0. The van der Waals surface area contributed by atoms with Crippen LogP contribution in [-0.4, -0.2) is 55.3 Å². The molecule has 1 saturated carbocycles. The lowest BCUT2D eigenvalue weighted by molar-refractivity contribution is -0.132. The van der Waals surface area contributed by atoms with Gasteiger partial charge in [0.2, 0.25) is 11.8 Å². The van der Waals surface area contributed by atoms with E-state index in [4.69, 9.17) is 0 Å². The first-order chi connectivity index (χ1) is 18.3. The van der Waals surface area contributed by atoms with Crippen LogP contribution in [0.15, 0.2) is 35.6 Å². The Morgan fingerprint density at radius 3 is 2.05 bits per heavy atom. The van der Waals surface area contributed by atoms with E-state index in [1.807, 2.05) is 29.2 Å². The Kier molecular flexibility index (Phi) is 15.0. The quantitative estimate of drug-likeness (QED) is 0.481. The monoisotopic (exact) mass is 528 g/mol. The van der Waals surface area contributed by atoms with Gasteiger partial charge in [-0.15, -0.1) is 0 Å². The molecule has 2 heterocycles. The molecule has 7 heteroatoms. The summed E-state index contributed by atoms with van der Waals surface area (Å²) in [5.41, 5.74) is 1.44. The molecule has 4 aliphatic rings. The van der Waals surface area contributed by atoms with Crippen LogP contribution in [0.4, 0.5) is 0 Å². The minimum Gasteiger partial charge on any atom is -0.355 e. The molecule has 0 aromatic carbocycles. The number of likely N-dealkylation sites (tertiary alicyclic amines) is 1. The van der Waals surface area contributed by atoms with Crippen molar-refractivity contribution in [1.82, 2.24) is 20.9 Å². The number of likely N-dealkylation sites (N-methyl/N-ethyl adjacent to an activating group) is 1. The average molecular weight is 529 g/mol. The normalized spacial score (nSPS) is 24.5. The molecule has 2 unspecified atom stereocenters. The van der Waals surface area contributed by atoms with E-state index in [1.165, 1.54) is 51.4 Å². The summed E-state index contributed by atoms with van der Waals surface area (Å²) in [4.78, 5) is 36.4. The Morgan fingerprint density at radius 2 is 1.53 bits per heavy atom. The summed E-state index contributed by atoms with van der Waals surface area (Å²) in [7, 11) is 1.61. The zero-order valence-electron chi connectivity index (χ0n) is 24.3. The lowest BCUT2D eigenvalue weighted by Crippen LogP contribution is -2.41. The molecule has 7 nitrogen and oxygen atoms in total. The molecule has 2 aliphatic heterocycles. The second-order valence-corrected chi connectivity index (χ2v) is 11.2. The third-order valence-electron chi connectivity index (χ3n) is 7.51. The van der Waals surface area contributed by atoms with Crippen molar-refractivity contribution in [3.63, 3.8) is 0 Å². The highest BCUT2D eigenvalue weighted by Crippen LogP contribution is 2.25. The number of carbonyl (C=O) groups excluding carboxylic acids is 3. The van der Waals surface area contributed by atoms with E-state index < -0.39 is 0 Å². The van der Waals surface area contributed by atoms with Gasteiger partial charge in [0.1, 0.15) is 0 Å². The fraction of sp³-hybridized carbons (Fsp3) is 0.710. The van der Waals surface area contributed by atoms with Crippen LogP contribution >= 0.6 is 0 Å². The van der Waals surface area contributed by atoms with E-state index in [-0.39, 0.29) is 23.6 Å². The maximum Gasteiger partial charge on any atom is 0.251 e. The topological polar surface area (TPSA) is 90.5 Å². The lowest BCUT2D eigenvalue weighted by Gasteiger charge is -2.32. The first kappa shape index (κ1) is 31.8. The van der Waals surface area contributed by atoms with Crippen molar-refractivity contribution in [2.45, 2.75) is 104 Å². The van der Waals surface area contributed by atoms with Crippen molar-refractivity contribution >= 4 is 17.7 Å². The molecule has 0 radical (unpaired) electrons. The van der Waals surface area contributed by atoms with Crippen LogP contribution in [0.3, 0.4) is 0 Å². The maximum atomic E-state index is 12.1. The summed E-state index contributed by atoms with van der Waals surface area (Å²) in [5, 5.41) is 8.77. The van der Waals surface area contributed by atoms with Gasteiger partial charge >= 0.3 is 0 Å². The van der Waals surface area contributed by atoms with Crippen LogP contribution in [0.25, 0.3) is 0 Å². The SMILES string of the molecule is C1CCCCCCC1.CC(=O)NC1CCNCC1.CNC(=O)C1=CC(N2CC(C)CCC2=O)=CC(C)C=C1. The van der Waals surface area contributed by atoms with Crippen LogP contribution in [0.2, 0.25) is 0 Å². The molecule has 3 fully saturated rings. The van der Waals surface area contributed by atoms with Gasteiger partial charge in [0.25, 0.3) is 5.91 Å². The van der Waals surface area contributed by atoms with Crippen molar-refractivity contribution in [2.24, 2.45) is 11.8 Å². The van der Waals surface area contributed by atoms with Gasteiger partial charge < -0.3 is 20.9 Å². The summed E-state index contributed by atoms with van der Waals surface area (Å²) in [6.07, 6.45) is 23.3. The molecular weight excluding hydrogens is 476 g/mol. The summed E-state index contributed by atoms with van der Waals surface area (Å²) in [6.45, 7) is 8.57. The minimum atomic E-state index is -0.126. The fourth-order valence-electron chi connectivity index (χ4n) is 5.22. The maximum absolute atomic E-state index is 12.1. The van der Waals surface area contributed by atoms with Gasteiger partial charge in [0.05, 0.1) is 0 Å². The predicted octanol–water partition coefficient (Wildman–Crippen LogP) is 5.00. The lowest BCUT2D eigenvalue weighted by atomic mass is 9.98. The number of hydrogen-bond donors (Lipinski definition) is 3. The Hall–Kier alpha value is -2.41. The molecule has 0 aromatic heterocycles. The summed E-state index contributed by atoms with van der Waals surface area (Å²) < 4.78 is 0. The van der Waals surface area contributed by atoms with E-state index in [9.17, 15) is 14.4 Å². The predicted molar refractivity (Wildman–Crippen MR) is 155 cm³/mol. The highest BCUT2D eigenvalue weighted by atomic mass is 16.2. The molecule has 3 amide bonds. The zero-order valence-corrected chi connectivity index (χ0v) is 24.3. The van der Waals surface area contributed by atoms with Crippen molar-refractivity contribution in [2.75, 3.05) is 26.7 Å². The van der Waals surface area contributed by atoms with Crippen molar-refractivity contribution in [3.8, 4) is 0 Å². The van der Waals surface area contributed by atoms with Crippen LogP contribution in [-0.2, 0) is 14.4 Å². The van der Waals surface area contributed by atoms with Gasteiger partial charge in [-0.05, 0) is 50.3 Å². The van der Waals surface area contributed by atoms with Gasteiger partial charge in [0.15, 0.2) is 0 Å². The number of nitrogens with one attached hydrogen (secondary N) is 3. The number of amides is 3. The van der Waals surface area contributed by atoms with Crippen LogP contribution in [0.1, 0.15) is 97.8 Å². The minimum absolute atomic E-state index is 0.0897. The fourth-order valence-corrected chi connectivity index (χ4v) is 5.22. The van der Waals surface area contributed by atoms with Gasteiger partial charge in [-0.3, -0.25) is 14.4 Å². The molecular formula is C31H52N4O3. The third kappa shape index (κ3) is 12.4. The highest BCUT2D eigenvalue weighted by molar-refractivity contribution is 5.96. The van der Waals surface area contributed by atoms with E-state index >= 15 is 0 Å². The van der Waals surface area contributed by atoms with E-state index in [0.29, 0.717) is 24.0 Å². The van der Waals surface area contributed by atoms with Crippen molar-refractivity contribution in [1.29, 1.82) is 0 Å². The number of hydrogen-bond acceptors (Lipinski definition) is 4. The largest absolute Gasteiger partial charge is 0.355 e. The van der Waals surface area contributed by atoms with E-state index in [2.05, 4.69) is 29.8 Å². The van der Waals surface area contributed by atoms with E-state index in [0.717, 1.165) is 44.6 Å². The Labute approximate surface area is 231 Å². The summed E-state index contributed by atoms with van der Waals surface area (Å²) >= 11 is 0. The molecule has 0 spiro atoms. The Balaban J connectivity index is 0.000000233. The van der Waals surface area contributed by atoms with Gasteiger partial charge in [-0.1, -0.05) is 83.4 Å². The number of allylic oxidation sites excluding steroid dienone is 3. The van der Waals surface area contributed by atoms with Gasteiger partial charge in [-0.2, -0.15) is 0 Å². The molecule has 2 atom stereocenters. The highest BCUT2D eigenvalue weighted by Gasteiger charge is 2.26. The van der Waals surface area contributed by atoms with Crippen LogP contribution in [0, 0.1) is 11.8 Å². The first-order valence-electron chi connectivity index (χ1n) is 14.9. The molecule has 2 aliphatic carbocycles. The standard InChI is InChI=1S/C16H22N2O2.C8H16.C7H14N2O/c1-11-4-6-13(16(20)17-3)9-14(8-11)18-10-12(2)5-7-15(18)19;1-2-4-6-8-7-5-3-1;1-6(10)9-7-2-4-8-5-3-7/h4,6,8-9,11-12H,5,7,10H2,1-3H3,(H,17,20);1-8H2;7-8H,2-5H2,1H3,(H,9,10). The van der Waals surface area contributed by atoms with E-state index in [1.54, 1.807) is 14.0 Å². The Morgan fingerprint density at radius 1 is 0.947 bits per heavy atom. The summed E-state index contributed by atoms with van der Waals surface area (Å²) in [6, 6.07) is 0.416. The Bertz CT molecular complexity index is 818. The number of nitrogens with zero attached hydrogens (tertiary/aromatic N) is 1. The molecule has 0 aromatic rings. The molecule has 3 N–H and O–H groups in total. The van der Waals surface area contributed by atoms with Crippen LogP contribution in [0.5, 0.6) is 0 Å². The molecule has 214 valence electrons. The second-order valence-electron chi connectivity index (χ2n) is 11.2. The molecule has 2 saturated heterocycles.